The number of ether oxygens (including phenoxy) is 1. The van der Waals surface area contributed by atoms with E-state index in [4.69, 9.17) is 4.74 Å². The molecule has 4 aromatic rings. The van der Waals surface area contributed by atoms with E-state index < -0.39 is 17.9 Å². The molecular formula is C30H35N7O4S. The van der Waals surface area contributed by atoms with Crippen LogP contribution in [0.1, 0.15) is 69.1 Å². The van der Waals surface area contributed by atoms with Crippen molar-refractivity contribution in [1.29, 1.82) is 0 Å². The zero-order valence-electron chi connectivity index (χ0n) is 23.7. The Hall–Kier alpha value is -4.32. The predicted molar refractivity (Wildman–Crippen MR) is 161 cm³/mol. The van der Waals surface area contributed by atoms with Gasteiger partial charge in [-0.3, -0.25) is 14.7 Å². The van der Waals surface area contributed by atoms with Crippen LogP contribution in [0.4, 0.5) is 5.95 Å². The van der Waals surface area contributed by atoms with Crippen molar-refractivity contribution in [3.63, 3.8) is 0 Å². The van der Waals surface area contributed by atoms with Gasteiger partial charge in [-0.25, -0.2) is 14.8 Å². The summed E-state index contributed by atoms with van der Waals surface area (Å²) in [6, 6.07) is 8.53. The summed E-state index contributed by atoms with van der Waals surface area (Å²) >= 11 is 1.30. The fraction of sp³-hybridized carbons (Fsp3) is 0.400. The Morgan fingerprint density at radius 2 is 1.86 bits per heavy atom. The molecule has 11 nitrogen and oxygen atoms in total. The van der Waals surface area contributed by atoms with E-state index in [1.165, 1.54) is 16.9 Å². The monoisotopic (exact) mass is 589 g/mol. The number of anilines is 1. The molecule has 1 saturated carbocycles. The molecule has 1 aliphatic carbocycles. The predicted octanol–water partition coefficient (Wildman–Crippen LogP) is 4.09. The van der Waals surface area contributed by atoms with Crippen LogP contribution < -0.4 is 16.0 Å². The molecule has 12 heteroatoms. The quantitative estimate of drug-likeness (QED) is 0.143. The van der Waals surface area contributed by atoms with E-state index in [2.05, 4.69) is 42.2 Å². The number of aryl methyl sites for hydroxylation is 3. The lowest BCUT2D eigenvalue weighted by atomic mass is 10.1. The summed E-state index contributed by atoms with van der Waals surface area (Å²) in [5, 5.41) is 18.8. The van der Waals surface area contributed by atoms with Crippen LogP contribution in [0.2, 0.25) is 0 Å². The number of carbonyl (C=O) groups is 3. The molecule has 3 aromatic heterocycles. The molecule has 1 fully saturated rings. The largest absolute Gasteiger partial charge is 0.461 e. The summed E-state index contributed by atoms with van der Waals surface area (Å²) in [6.07, 6.45) is 6.99. The van der Waals surface area contributed by atoms with Gasteiger partial charge in [0.1, 0.15) is 12.1 Å². The first kappa shape index (κ1) is 29.2. The van der Waals surface area contributed by atoms with E-state index in [-0.39, 0.29) is 24.1 Å². The highest BCUT2D eigenvalue weighted by Gasteiger charge is 2.29. The molecule has 3 heterocycles. The second-order valence-corrected chi connectivity index (χ2v) is 11.4. The number of hydrogen-bond acceptors (Lipinski definition) is 9. The van der Waals surface area contributed by atoms with Gasteiger partial charge in [0.05, 0.1) is 33.5 Å². The fourth-order valence-corrected chi connectivity index (χ4v) is 5.86. The number of esters is 1. The molecule has 0 saturated heterocycles. The topological polar surface area (TPSA) is 151 Å². The summed E-state index contributed by atoms with van der Waals surface area (Å²) in [4.78, 5) is 48.5. The summed E-state index contributed by atoms with van der Waals surface area (Å²) in [7, 11) is 0. The highest BCUT2D eigenvalue weighted by atomic mass is 32.1. The van der Waals surface area contributed by atoms with Crippen molar-refractivity contribution in [3.05, 3.63) is 69.3 Å². The first-order valence-electron chi connectivity index (χ1n) is 14.2. The maximum Gasteiger partial charge on any atom is 0.330 e. The first-order chi connectivity index (χ1) is 20.4. The minimum atomic E-state index is -1.06. The molecule has 42 heavy (non-hydrogen) atoms. The molecule has 1 aliphatic rings. The average Bonchev–Trinajstić information content (AvgIpc) is 3.76. The molecule has 2 amide bonds. The van der Waals surface area contributed by atoms with Crippen LogP contribution in [0.25, 0.3) is 10.9 Å². The third kappa shape index (κ3) is 7.11. The van der Waals surface area contributed by atoms with E-state index in [1.54, 1.807) is 31.4 Å². The number of thiophene rings is 1. The summed E-state index contributed by atoms with van der Waals surface area (Å²) in [6.45, 7) is 4.02. The van der Waals surface area contributed by atoms with Crippen LogP contribution in [-0.2, 0) is 16.0 Å². The number of rotatable bonds is 12. The highest BCUT2D eigenvalue weighted by Crippen LogP contribution is 2.22. The molecule has 0 aliphatic heterocycles. The Morgan fingerprint density at radius 3 is 2.60 bits per heavy atom. The SMILES string of the molecule is Cc1nc(NCCCc2cccc3[nH]ncc23)nc(C)c1C(=O)NC(CNC(=O)c1cccs1)C(=O)OC1CCCC1. The minimum absolute atomic E-state index is 0.0981. The molecule has 0 bridgehead atoms. The Kier molecular flexibility index (Phi) is 9.42. The van der Waals surface area contributed by atoms with Crippen LogP contribution >= 0.6 is 11.3 Å². The van der Waals surface area contributed by atoms with Gasteiger partial charge >= 0.3 is 5.97 Å². The Morgan fingerprint density at radius 1 is 1.07 bits per heavy atom. The average molecular weight is 590 g/mol. The van der Waals surface area contributed by atoms with Crippen LogP contribution in [0.5, 0.6) is 0 Å². The zero-order chi connectivity index (χ0) is 29.5. The number of aromatic nitrogens is 4. The van der Waals surface area contributed by atoms with Crippen molar-refractivity contribution in [2.45, 2.75) is 64.5 Å². The highest BCUT2D eigenvalue weighted by molar-refractivity contribution is 7.12. The molecule has 0 radical (unpaired) electrons. The number of hydrogen-bond donors (Lipinski definition) is 4. The van der Waals surface area contributed by atoms with E-state index in [9.17, 15) is 14.4 Å². The van der Waals surface area contributed by atoms with Crippen molar-refractivity contribution in [2.75, 3.05) is 18.4 Å². The van der Waals surface area contributed by atoms with Gasteiger partial charge in [-0.15, -0.1) is 11.3 Å². The Balaban J connectivity index is 1.20. The fourth-order valence-electron chi connectivity index (χ4n) is 5.22. The number of amides is 2. The second kappa shape index (κ2) is 13.6. The van der Waals surface area contributed by atoms with Gasteiger partial charge in [0.2, 0.25) is 5.95 Å². The number of nitrogens with one attached hydrogen (secondary N) is 4. The van der Waals surface area contributed by atoms with Crippen molar-refractivity contribution in [2.24, 2.45) is 0 Å². The third-order valence-corrected chi connectivity index (χ3v) is 8.23. The number of nitrogens with zero attached hydrogens (tertiary/aromatic N) is 3. The van der Waals surface area contributed by atoms with Gasteiger partial charge in [0, 0.05) is 18.5 Å². The number of carbonyl (C=O) groups excluding carboxylic acids is 3. The van der Waals surface area contributed by atoms with E-state index in [1.807, 2.05) is 18.3 Å². The van der Waals surface area contributed by atoms with Gasteiger partial charge in [0.25, 0.3) is 11.8 Å². The molecular weight excluding hydrogens is 554 g/mol. The van der Waals surface area contributed by atoms with Gasteiger partial charge in [0.15, 0.2) is 0 Å². The molecule has 5 rings (SSSR count). The van der Waals surface area contributed by atoms with Gasteiger partial charge < -0.3 is 20.7 Å². The second-order valence-electron chi connectivity index (χ2n) is 10.4. The molecule has 1 aromatic carbocycles. The van der Waals surface area contributed by atoms with E-state index in [0.29, 0.717) is 28.8 Å². The van der Waals surface area contributed by atoms with Crippen LogP contribution in [-0.4, -0.2) is 63.2 Å². The van der Waals surface area contributed by atoms with E-state index >= 15 is 0 Å². The van der Waals surface area contributed by atoms with Gasteiger partial charge in [-0.1, -0.05) is 18.2 Å². The van der Waals surface area contributed by atoms with Crippen molar-refractivity contribution < 1.29 is 19.1 Å². The lowest BCUT2D eigenvalue weighted by molar-refractivity contribution is -0.150. The molecule has 4 N–H and O–H groups in total. The van der Waals surface area contributed by atoms with Crippen molar-refractivity contribution >= 4 is 46.0 Å². The van der Waals surface area contributed by atoms with Gasteiger partial charge in [-0.2, -0.15) is 5.10 Å². The number of benzene rings is 1. The number of aromatic amines is 1. The van der Waals surface area contributed by atoms with Gasteiger partial charge in [-0.05, 0) is 75.4 Å². The third-order valence-electron chi connectivity index (χ3n) is 7.37. The van der Waals surface area contributed by atoms with Crippen LogP contribution in [0, 0.1) is 13.8 Å². The summed E-state index contributed by atoms with van der Waals surface area (Å²) < 4.78 is 5.67. The summed E-state index contributed by atoms with van der Waals surface area (Å²) in [5.41, 5.74) is 3.49. The lowest BCUT2D eigenvalue weighted by Gasteiger charge is -2.21. The number of fused-ring (bicyclic) bond motifs is 1. The maximum absolute atomic E-state index is 13.4. The van der Waals surface area contributed by atoms with Crippen molar-refractivity contribution in [3.8, 4) is 0 Å². The smallest absolute Gasteiger partial charge is 0.330 e. The minimum Gasteiger partial charge on any atom is -0.461 e. The standard InChI is InChI=1S/C30H35N7O4S/c1-18-26(19(2)35-30(34-18)31-14-6-9-20-8-5-12-23-22(20)16-33-37-23)28(39)36-24(29(40)41-21-10-3-4-11-21)17-32-27(38)25-13-7-15-42-25/h5,7-8,12-13,15-16,21,24H,3-4,6,9-11,14,17H2,1-2H3,(H,32,38)(H,33,37)(H,36,39)(H,31,34,35). The Bertz CT molecular complexity index is 1520. The summed E-state index contributed by atoms with van der Waals surface area (Å²) in [5.74, 6) is -0.945. The number of H-pyrrole nitrogens is 1. The zero-order valence-corrected chi connectivity index (χ0v) is 24.6. The lowest BCUT2D eigenvalue weighted by Crippen LogP contribution is -2.50. The van der Waals surface area contributed by atoms with Crippen molar-refractivity contribution in [1.82, 2.24) is 30.8 Å². The van der Waals surface area contributed by atoms with E-state index in [0.717, 1.165) is 49.4 Å². The van der Waals surface area contributed by atoms with Crippen LogP contribution in [0.15, 0.2) is 41.9 Å². The molecule has 220 valence electrons. The first-order valence-corrected chi connectivity index (χ1v) is 15.1. The molecule has 1 unspecified atom stereocenters. The maximum atomic E-state index is 13.4. The van der Waals surface area contributed by atoms with Crippen LogP contribution in [0.3, 0.4) is 0 Å². The normalized spacial score (nSPS) is 14.0. The molecule has 0 spiro atoms. The molecule has 1 atom stereocenters. The Labute approximate surface area is 247 Å².